The van der Waals surface area contributed by atoms with Gasteiger partial charge in [0.15, 0.2) is 0 Å². The molecule has 68 valence electrons. The maximum atomic E-state index is 3.85. The first-order valence-electron chi connectivity index (χ1n) is 4.28. The fourth-order valence-corrected chi connectivity index (χ4v) is 2.01. The Labute approximate surface area is 84.6 Å². The summed E-state index contributed by atoms with van der Waals surface area (Å²) in [6, 6.07) is 8.35. The van der Waals surface area contributed by atoms with Crippen LogP contribution in [0.4, 0.5) is 0 Å². The number of H-pyrrole nitrogens is 1. The number of nitrogens with zero attached hydrogens (tertiary/aromatic N) is 2. The van der Waals surface area contributed by atoms with Crippen LogP contribution >= 0.6 is 11.5 Å². The van der Waals surface area contributed by atoms with Gasteiger partial charge < -0.3 is 4.98 Å². The molecular formula is C10H7N3S. The molecular weight excluding hydrogens is 194 g/mol. The molecule has 0 radical (unpaired) electrons. The highest BCUT2D eigenvalue weighted by molar-refractivity contribution is 7.09. The molecule has 3 nitrogen and oxygen atoms in total. The van der Waals surface area contributed by atoms with Gasteiger partial charge in [0.2, 0.25) is 0 Å². The third-order valence-corrected chi connectivity index (χ3v) is 2.91. The highest BCUT2D eigenvalue weighted by Gasteiger charge is 2.01. The van der Waals surface area contributed by atoms with Gasteiger partial charge in [0.1, 0.15) is 0 Å². The number of nitrogens with one attached hydrogen (secondary N) is 1. The van der Waals surface area contributed by atoms with E-state index in [0.29, 0.717) is 0 Å². The minimum atomic E-state index is 1.10. The van der Waals surface area contributed by atoms with Crippen molar-refractivity contribution in [3.63, 3.8) is 0 Å². The Morgan fingerprint density at radius 3 is 3.07 bits per heavy atom. The lowest BCUT2D eigenvalue weighted by molar-refractivity contribution is 1.16. The van der Waals surface area contributed by atoms with Crippen LogP contribution in [0.3, 0.4) is 0 Å². The van der Waals surface area contributed by atoms with Crippen molar-refractivity contribution in [1.29, 1.82) is 0 Å². The number of rotatable bonds is 1. The quantitative estimate of drug-likeness (QED) is 0.657. The molecule has 0 aliphatic carbocycles. The fourth-order valence-electron chi connectivity index (χ4n) is 1.50. The first-order valence-corrected chi connectivity index (χ1v) is 5.06. The number of aromatic amines is 1. The molecule has 0 saturated carbocycles. The molecule has 0 unspecified atom stereocenters. The molecule has 0 spiro atoms. The Morgan fingerprint density at radius 1 is 1.21 bits per heavy atom. The molecule has 4 heteroatoms. The molecule has 0 fully saturated rings. The third-order valence-electron chi connectivity index (χ3n) is 2.20. The van der Waals surface area contributed by atoms with Gasteiger partial charge in [-0.25, -0.2) is 0 Å². The van der Waals surface area contributed by atoms with Gasteiger partial charge in [-0.05, 0) is 40.7 Å². The zero-order valence-corrected chi connectivity index (χ0v) is 8.08. The Bertz CT molecular complexity index is 554. The van der Waals surface area contributed by atoms with E-state index in [1.165, 1.54) is 22.5 Å². The minimum Gasteiger partial charge on any atom is -0.361 e. The summed E-state index contributed by atoms with van der Waals surface area (Å²) in [6.45, 7) is 0. The smallest absolute Gasteiger partial charge is 0.0754 e. The SMILES string of the molecule is c1cc2cc(-c3cnns3)ccc2[nH]1. The summed E-state index contributed by atoms with van der Waals surface area (Å²) in [7, 11) is 0. The van der Waals surface area contributed by atoms with Crippen molar-refractivity contribution in [2.24, 2.45) is 0 Å². The molecule has 0 aliphatic heterocycles. The summed E-state index contributed by atoms with van der Waals surface area (Å²) in [5, 5.41) is 5.05. The first-order chi connectivity index (χ1) is 6.93. The third kappa shape index (κ3) is 1.12. The maximum absolute atomic E-state index is 3.85. The Balaban J connectivity index is 2.23. The largest absolute Gasteiger partial charge is 0.361 e. The van der Waals surface area contributed by atoms with E-state index >= 15 is 0 Å². The van der Waals surface area contributed by atoms with Gasteiger partial charge in [-0.3, -0.25) is 0 Å². The molecule has 3 aromatic rings. The average molecular weight is 201 g/mol. The van der Waals surface area contributed by atoms with E-state index in [2.05, 4.69) is 38.8 Å². The van der Waals surface area contributed by atoms with Crippen LogP contribution in [0.2, 0.25) is 0 Å². The van der Waals surface area contributed by atoms with Crippen LogP contribution in [0.15, 0.2) is 36.7 Å². The number of fused-ring (bicyclic) bond motifs is 1. The minimum absolute atomic E-state index is 1.10. The summed E-state index contributed by atoms with van der Waals surface area (Å²) in [6.07, 6.45) is 3.73. The fraction of sp³-hybridized carbons (Fsp3) is 0. The molecule has 2 heterocycles. The van der Waals surface area contributed by atoms with Gasteiger partial charge in [0.25, 0.3) is 0 Å². The molecule has 1 aromatic carbocycles. The van der Waals surface area contributed by atoms with Gasteiger partial charge in [-0.1, -0.05) is 10.6 Å². The maximum Gasteiger partial charge on any atom is 0.0754 e. The van der Waals surface area contributed by atoms with Crippen LogP contribution in [0.5, 0.6) is 0 Å². The standard InChI is InChI=1S/C10H7N3S/c1-2-9-7(3-4-11-9)5-8(1)10-6-12-13-14-10/h1-6,11H. The molecule has 3 rings (SSSR count). The van der Waals surface area contributed by atoms with Crippen molar-refractivity contribution in [3.8, 4) is 10.4 Å². The van der Waals surface area contributed by atoms with Crippen LogP contribution in [-0.2, 0) is 0 Å². The first kappa shape index (κ1) is 7.70. The van der Waals surface area contributed by atoms with Crippen molar-refractivity contribution < 1.29 is 0 Å². The Morgan fingerprint density at radius 2 is 2.21 bits per heavy atom. The van der Waals surface area contributed by atoms with Crippen molar-refractivity contribution >= 4 is 22.4 Å². The molecule has 0 aliphatic rings. The highest BCUT2D eigenvalue weighted by Crippen LogP contribution is 2.25. The average Bonchev–Trinajstić information content (AvgIpc) is 2.88. The number of hydrogen-bond donors (Lipinski definition) is 1. The summed E-state index contributed by atoms with van der Waals surface area (Å²) >= 11 is 1.42. The van der Waals surface area contributed by atoms with Crippen molar-refractivity contribution in [3.05, 3.63) is 36.7 Å². The van der Waals surface area contributed by atoms with Gasteiger partial charge in [-0.15, -0.1) is 5.10 Å². The molecule has 14 heavy (non-hydrogen) atoms. The number of hydrogen-bond acceptors (Lipinski definition) is 3. The van der Waals surface area contributed by atoms with Crippen LogP contribution in [-0.4, -0.2) is 14.6 Å². The van der Waals surface area contributed by atoms with E-state index in [1.807, 2.05) is 6.20 Å². The van der Waals surface area contributed by atoms with Crippen LogP contribution in [0, 0.1) is 0 Å². The van der Waals surface area contributed by atoms with Crippen LogP contribution in [0.1, 0.15) is 0 Å². The zero-order valence-electron chi connectivity index (χ0n) is 7.27. The van der Waals surface area contributed by atoms with Crippen LogP contribution < -0.4 is 0 Å². The van der Waals surface area contributed by atoms with Gasteiger partial charge >= 0.3 is 0 Å². The molecule has 2 aromatic heterocycles. The molecule has 0 bridgehead atoms. The molecule has 1 N–H and O–H groups in total. The predicted octanol–water partition coefficient (Wildman–Crippen LogP) is 2.69. The van der Waals surface area contributed by atoms with Gasteiger partial charge in [-0.2, -0.15) is 0 Å². The monoisotopic (exact) mass is 201 g/mol. The van der Waals surface area contributed by atoms with E-state index in [4.69, 9.17) is 0 Å². The van der Waals surface area contributed by atoms with E-state index < -0.39 is 0 Å². The van der Waals surface area contributed by atoms with E-state index in [9.17, 15) is 0 Å². The Hall–Kier alpha value is -1.68. The lowest BCUT2D eigenvalue weighted by Gasteiger charge is -1.95. The zero-order chi connectivity index (χ0) is 9.38. The normalized spacial score (nSPS) is 10.9. The summed E-state index contributed by atoms with van der Waals surface area (Å²) in [4.78, 5) is 4.27. The lowest BCUT2D eigenvalue weighted by Crippen LogP contribution is -1.72. The van der Waals surface area contributed by atoms with Crippen LogP contribution in [0.25, 0.3) is 21.3 Å². The summed E-state index contributed by atoms with van der Waals surface area (Å²) in [5.41, 5.74) is 2.33. The second kappa shape index (κ2) is 2.92. The van der Waals surface area contributed by atoms with Crippen molar-refractivity contribution in [2.75, 3.05) is 0 Å². The number of aromatic nitrogens is 3. The van der Waals surface area contributed by atoms with Crippen molar-refractivity contribution in [1.82, 2.24) is 14.6 Å². The topological polar surface area (TPSA) is 41.6 Å². The van der Waals surface area contributed by atoms with Gasteiger partial charge in [0.05, 0.1) is 11.1 Å². The second-order valence-corrected chi connectivity index (χ2v) is 3.85. The van der Waals surface area contributed by atoms with E-state index in [1.54, 1.807) is 6.20 Å². The Kier molecular flexibility index (Phi) is 1.61. The molecule has 0 atom stereocenters. The lowest BCUT2D eigenvalue weighted by atomic mass is 10.1. The van der Waals surface area contributed by atoms with E-state index in [-0.39, 0.29) is 0 Å². The summed E-state index contributed by atoms with van der Waals surface area (Å²) in [5.74, 6) is 0. The molecule has 0 amide bonds. The molecule has 0 saturated heterocycles. The predicted molar refractivity (Wildman–Crippen MR) is 57.2 cm³/mol. The number of benzene rings is 1. The van der Waals surface area contributed by atoms with E-state index in [0.717, 1.165) is 10.4 Å². The highest BCUT2D eigenvalue weighted by atomic mass is 32.1. The van der Waals surface area contributed by atoms with Gasteiger partial charge in [0, 0.05) is 11.7 Å². The van der Waals surface area contributed by atoms with Crippen molar-refractivity contribution in [2.45, 2.75) is 0 Å². The summed E-state index contributed by atoms with van der Waals surface area (Å²) < 4.78 is 3.85. The second-order valence-electron chi connectivity index (χ2n) is 3.06.